The molecule has 2 aromatic rings. The standard InChI is InChI=1S/C26H35N3O4S/c1-16(31)27-11-12-28-22(33)13-18-23-19(34-24(29-23)17-7-5-4-6-8-17)14-20-25(18,2)10-9-21(32)26(20,3)15-30/h4-8,18,20-21,30,32H,9-15H2,1-3H3,(H,27,31)(H,28,33)/t18-,20+,21+,25-,26-/m0/s1. The van der Waals surface area contributed by atoms with E-state index < -0.39 is 11.5 Å². The third-order valence-corrected chi connectivity index (χ3v) is 9.27. The van der Waals surface area contributed by atoms with Crippen LogP contribution < -0.4 is 10.6 Å². The molecule has 0 unspecified atom stereocenters. The van der Waals surface area contributed by atoms with Gasteiger partial charge in [0.25, 0.3) is 0 Å². The number of carbonyl (C=O) groups excluding carboxylic acids is 2. The molecule has 0 aliphatic heterocycles. The van der Waals surface area contributed by atoms with Crippen molar-refractivity contribution in [3.8, 4) is 10.6 Å². The van der Waals surface area contributed by atoms with E-state index in [0.29, 0.717) is 19.5 Å². The molecule has 1 heterocycles. The molecule has 2 aliphatic rings. The minimum absolute atomic E-state index is 0.0301. The molecular formula is C26H35N3O4S. The molecule has 1 fully saturated rings. The second-order valence-corrected chi connectivity index (χ2v) is 11.3. The number of aromatic nitrogens is 1. The van der Waals surface area contributed by atoms with E-state index in [1.165, 1.54) is 6.92 Å². The van der Waals surface area contributed by atoms with Crippen LogP contribution in [0.2, 0.25) is 0 Å². The summed E-state index contributed by atoms with van der Waals surface area (Å²) in [4.78, 5) is 30.3. The number of hydrogen-bond acceptors (Lipinski definition) is 6. The number of aliphatic hydroxyl groups is 2. The molecule has 2 amide bonds. The molecule has 1 aromatic heterocycles. The van der Waals surface area contributed by atoms with Crippen molar-refractivity contribution >= 4 is 23.2 Å². The molecule has 5 atom stereocenters. The van der Waals surface area contributed by atoms with Gasteiger partial charge in [0.15, 0.2) is 0 Å². The highest BCUT2D eigenvalue weighted by Crippen LogP contribution is 2.62. The lowest BCUT2D eigenvalue weighted by Gasteiger charge is -2.58. The third kappa shape index (κ3) is 4.51. The number of nitrogens with zero attached hydrogens (tertiary/aromatic N) is 1. The summed E-state index contributed by atoms with van der Waals surface area (Å²) in [6, 6.07) is 10.1. The van der Waals surface area contributed by atoms with Gasteiger partial charge in [-0.25, -0.2) is 4.98 Å². The van der Waals surface area contributed by atoms with Crippen molar-refractivity contribution in [2.75, 3.05) is 19.7 Å². The molecule has 4 N–H and O–H groups in total. The Morgan fingerprint density at radius 3 is 2.56 bits per heavy atom. The summed E-state index contributed by atoms with van der Waals surface area (Å²) in [5.41, 5.74) is 1.12. The monoisotopic (exact) mass is 485 g/mol. The van der Waals surface area contributed by atoms with Crippen LogP contribution in [0.4, 0.5) is 0 Å². The zero-order chi connectivity index (χ0) is 24.5. The van der Waals surface area contributed by atoms with Gasteiger partial charge in [-0.1, -0.05) is 44.2 Å². The predicted octanol–water partition coefficient (Wildman–Crippen LogP) is 2.87. The van der Waals surface area contributed by atoms with Gasteiger partial charge in [0.05, 0.1) is 18.4 Å². The fraction of sp³-hybridized carbons (Fsp3) is 0.577. The highest BCUT2D eigenvalue weighted by molar-refractivity contribution is 7.15. The number of benzene rings is 1. The number of nitrogens with one attached hydrogen (secondary N) is 2. The lowest BCUT2D eigenvalue weighted by molar-refractivity contribution is -0.144. The first-order chi connectivity index (χ1) is 16.2. The maximum absolute atomic E-state index is 13.0. The Morgan fingerprint density at radius 1 is 1.18 bits per heavy atom. The van der Waals surface area contributed by atoms with E-state index in [9.17, 15) is 19.8 Å². The van der Waals surface area contributed by atoms with Gasteiger partial charge in [-0.3, -0.25) is 9.59 Å². The minimum atomic E-state index is -0.637. The number of thiazole rings is 1. The Hall–Kier alpha value is -2.29. The van der Waals surface area contributed by atoms with Crippen LogP contribution in [0.25, 0.3) is 10.6 Å². The molecule has 1 aromatic carbocycles. The summed E-state index contributed by atoms with van der Waals surface area (Å²) in [5, 5.41) is 27.8. The van der Waals surface area contributed by atoms with E-state index >= 15 is 0 Å². The van der Waals surface area contributed by atoms with E-state index in [0.717, 1.165) is 34.0 Å². The molecule has 4 rings (SSSR count). The Labute approximate surface area is 205 Å². The van der Waals surface area contributed by atoms with Gasteiger partial charge in [-0.05, 0) is 30.6 Å². The third-order valence-electron chi connectivity index (χ3n) is 8.13. The van der Waals surface area contributed by atoms with Gasteiger partial charge in [-0.2, -0.15) is 0 Å². The number of hydrogen-bond donors (Lipinski definition) is 4. The average Bonchev–Trinajstić information content (AvgIpc) is 3.25. The van der Waals surface area contributed by atoms with Gasteiger partial charge < -0.3 is 20.8 Å². The molecule has 0 spiro atoms. The fourth-order valence-electron chi connectivity index (χ4n) is 6.05. The van der Waals surface area contributed by atoms with Gasteiger partial charge in [0.1, 0.15) is 5.01 Å². The van der Waals surface area contributed by atoms with Crippen LogP contribution in [0.1, 0.15) is 56.5 Å². The van der Waals surface area contributed by atoms with Crippen LogP contribution in [0.3, 0.4) is 0 Å². The largest absolute Gasteiger partial charge is 0.396 e. The molecule has 0 radical (unpaired) electrons. The molecule has 1 saturated carbocycles. The van der Waals surface area contributed by atoms with E-state index in [4.69, 9.17) is 4.98 Å². The van der Waals surface area contributed by atoms with Crippen molar-refractivity contribution in [1.82, 2.24) is 15.6 Å². The van der Waals surface area contributed by atoms with Crippen LogP contribution in [0.15, 0.2) is 30.3 Å². The highest BCUT2D eigenvalue weighted by Gasteiger charge is 2.59. The Morgan fingerprint density at radius 2 is 1.88 bits per heavy atom. The van der Waals surface area contributed by atoms with Crippen LogP contribution in [0.5, 0.6) is 0 Å². The summed E-state index contributed by atoms with van der Waals surface area (Å²) in [7, 11) is 0. The van der Waals surface area contributed by atoms with Crippen molar-refractivity contribution in [1.29, 1.82) is 0 Å². The lowest BCUT2D eigenvalue weighted by Crippen LogP contribution is -2.57. The maximum Gasteiger partial charge on any atom is 0.220 e. The molecule has 2 aliphatic carbocycles. The molecule has 34 heavy (non-hydrogen) atoms. The van der Waals surface area contributed by atoms with Gasteiger partial charge in [0, 0.05) is 48.2 Å². The molecule has 184 valence electrons. The van der Waals surface area contributed by atoms with Crippen LogP contribution >= 0.6 is 11.3 Å². The summed E-state index contributed by atoms with van der Waals surface area (Å²) in [6.07, 6.45) is 1.82. The summed E-state index contributed by atoms with van der Waals surface area (Å²) < 4.78 is 0. The molecule has 8 heteroatoms. The molecule has 0 bridgehead atoms. The quantitative estimate of drug-likeness (QED) is 0.451. The lowest BCUT2D eigenvalue weighted by atomic mass is 9.47. The van der Waals surface area contributed by atoms with Crippen molar-refractivity contribution in [2.45, 2.75) is 58.5 Å². The number of fused-ring (bicyclic) bond motifs is 2. The summed E-state index contributed by atoms with van der Waals surface area (Å²) in [5.74, 6) is -0.285. The van der Waals surface area contributed by atoms with Gasteiger partial charge >= 0.3 is 0 Å². The Bertz CT molecular complexity index is 1040. The van der Waals surface area contributed by atoms with Crippen molar-refractivity contribution in [3.05, 3.63) is 40.9 Å². The summed E-state index contributed by atoms with van der Waals surface area (Å²) in [6.45, 7) is 6.31. The second kappa shape index (κ2) is 9.76. The highest BCUT2D eigenvalue weighted by atomic mass is 32.1. The van der Waals surface area contributed by atoms with E-state index in [-0.39, 0.29) is 42.1 Å². The zero-order valence-electron chi connectivity index (χ0n) is 20.1. The van der Waals surface area contributed by atoms with E-state index in [1.54, 1.807) is 11.3 Å². The van der Waals surface area contributed by atoms with E-state index in [2.05, 4.69) is 17.6 Å². The maximum atomic E-state index is 13.0. The number of rotatable bonds is 7. The normalized spacial score (nSPS) is 30.2. The minimum Gasteiger partial charge on any atom is -0.396 e. The van der Waals surface area contributed by atoms with Crippen molar-refractivity contribution in [2.24, 2.45) is 16.7 Å². The topological polar surface area (TPSA) is 112 Å². The average molecular weight is 486 g/mol. The second-order valence-electron chi connectivity index (χ2n) is 10.3. The van der Waals surface area contributed by atoms with Gasteiger partial charge in [0.2, 0.25) is 11.8 Å². The van der Waals surface area contributed by atoms with Crippen LogP contribution in [-0.2, 0) is 16.0 Å². The van der Waals surface area contributed by atoms with Crippen LogP contribution in [-0.4, -0.2) is 52.8 Å². The van der Waals surface area contributed by atoms with E-state index in [1.807, 2.05) is 37.3 Å². The Kier molecular flexibility index (Phi) is 7.12. The molecule has 0 saturated heterocycles. The van der Waals surface area contributed by atoms with Crippen molar-refractivity contribution in [3.63, 3.8) is 0 Å². The molecular weight excluding hydrogens is 450 g/mol. The number of aliphatic hydroxyl groups excluding tert-OH is 2. The first-order valence-corrected chi connectivity index (χ1v) is 12.9. The predicted molar refractivity (Wildman–Crippen MR) is 132 cm³/mol. The van der Waals surface area contributed by atoms with Crippen LogP contribution in [0, 0.1) is 16.7 Å². The Balaban J connectivity index is 1.68. The molecule has 7 nitrogen and oxygen atoms in total. The van der Waals surface area contributed by atoms with Crippen molar-refractivity contribution < 1.29 is 19.8 Å². The fourth-order valence-corrected chi connectivity index (χ4v) is 7.22. The number of amides is 2. The summed E-state index contributed by atoms with van der Waals surface area (Å²) >= 11 is 1.66. The smallest absolute Gasteiger partial charge is 0.220 e. The SMILES string of the molecule is CC(=O)NCCNC(=O)C[C@H]1c2nc(-c3ccccc3)sc2C[C@H]2[C@](C)(CO)[C@H](O)CC[C@]21C. The van der Waals surface area contributed by atoms with Gasteiger partial charge in [-0.15, -0.1) is 11.3 Å². The first kappa shape index (κ1) is 24.8. The number of carbonyl (C=O) groups is 2. The zero-order valence-corrected chi connectivity index (χ0v) is 21.0. The first-order valence-electron chi connectivity index (χ1n) is 12.0.